The number of fused-ring (bicyclic) bond motifs is 1. The molecule has 0 aromatic carbocycles. The molecule has 11 heavy (non-hydrogen) atoms. The lowest BCUT2D eigenvalue weighted by Gasteiger charge is -2.29. The summed E-state index contributed by atoms with van der Waals surface area (Å²) in [6.45, 7) is 2.48. The second kappa shape index (κ2) is 3.40. The lowest BCUT2D eigenvalue weighted by molar-refractivity contribution is 0.300. The average molecular weight is 150 g/mol. The average Bonchev–Trinajstić information content (AvgIpc) is 2.28. The van der Waals surface area contributed by atoms with Gasteiger partial charge < -0.3 is 0 Å². The van der Waals surface area contributed by atoms with Crippen molar-refractivity contribution in [2.24, 2.45) is 0 Å². The summed E-state index contributed by atoms with van der Waals surface area (Å²) >= 11 is 0. The van der Waals surface area contributed by atoms with Crippen LogP contribution in [0.15, 0.2) is 12.2 Å². The molecule has 0 aromatic rings. The molecule has 2 heterocycles. The molecular weight excluding hydrogens is 134 g/mol. The Morgan fingerprint density at radius 3 is 3.09 bits per heavy atom. The molecule has 2 rings (SSSR count). The lowest BCUT2D eigenvalue weighted by atomic mass is 10.0. The van der Waals surface area contributed by atoms with Gasteiger partial charge in [0.15, 0.2) is 0 Å². The summed E-state index contributed by atoms with van der Waals surface area (Å²) in [4.78, 5) is 2.56. The summed E-state index contributed by atoms with van der Waals surface area (Å²) in [6.07, 6.45) is 11.4. The Labute approximate surface area is 69.1 Å². The lowest BCUT2D eigenvalue weighted by Crippen LogP contribution is -2.30. The van der Waals surface area contributed by atoms with E-state index in [2.05, 4.69) is 17.1 Å². The molecule has 0 spiro atoms. The summed E-state index contributed by atoms with van der Waals surface area (Å²) in [7, 11) is 0. The fourth-order valence-electron chi connectivity index (χ4n) is 2.00. The summed E-state index contributed by atoms with van der Waals surface area (Å²) in [5.74, 6) is 0. The first-order valence-electron chi connectivity index (χ1n) is 4.71. The molecule has 1 saturated heterocycles. The third-order valence-electron chi connectivity index (χ3n) is 2.69. The zero-order valence-electron chi connectivity index (χ0n) is 7.05. The molecule has 1 radical (unpaired) electrons. The van der Waals surface area contributed by atoms with Crippen LogP contribution >= 0.6 is 0 Å². The van der Waals surface area contributed by atoms with Crippen LogP contribution in [0.4, 0.5) is 0 Å². The molecule has 2 aliphatic heterocycles. The molecule has 1 nitrogen and oxygen atoms in total. The maximum atomic E-state index is 2.56. The standard InChI is InChI=1S/C10H16N/c1-2-6-10-7-3-5-9-11(10)8-4-1/h3,5H,1-2,4,6-9H2. The topological polar surface area (TPSA) is 3.24 Å². The van der Waals surface area contributed by atoms with Crippen LogP contribution in [0.2, 0.25) is 0 Å². The van der Waals surface area contributed by atoms with Crippen LogP contribution in [0, 0.1) is 6.04 Å². The highest BCUT2D eigenvalue weighted by Gasteiger charge is 2.21. The van der Waals surface area contributed by atoms with Gasteiger partial charge in [0.1, 0.15) is 0 Å². The number of nitrogens with zero attached hydrogens (tertiary/aromatic N) is 1. The predicted molar refractivity (Wildman–Crippen MR) is 47.0 cm³/mol. The minimum absolute atomic E-state index is 1.18. The number of rotatable bonds is 0. The summed E-state index contributed by atoms with van der Waals surface area (Å²) in [5.41, 5.74) is 0. The van der Waals surface area contributed by atoms with E-state index in [1.54, 1.807) is 6.04 Å². The highest BCUT2D eigenvalue weighted by molar-refractivity contribution is 5.06. The third kappa shape index (κ3) is 1.64. The monoisotopic (exact) mass is 150 g/mol. The van der Waals surface area contributed by atoms with Crippen molar-refractivity contribution in [3.8, 4) is 0 Å². The van der Waals surface area contributed by atoms with Crippen molar-refractivity contribution in [3.05, 3.63) is 18.2 Å². The molecule has 0 amide bonds. The van der Waals surface area contributed by atoms with Crippen LogP contribution in [0.1, 0.15) is 32.1 Å². The van der Waals surface area contributed by atoms with Crippen molar-refractivity contribution in [1.82, 2.24) is 4.90 Å². The predicted octanol–water partition coefficient (Wildman–Crippen LogP) is 2.35. The van der Waals surface area contributed by atoms with Gasteiger partial charge in [0.05, 0.1) is 0 Å². The van der Waals surface area contributed by atoms with Crippen LogP contribution < -0.4 is 0 Å². The van der Waals surface area contributed by atoms with Crippen LogP contribution in [0.25, 0.3) is 0 Å². The minimum Gasteiger partial charge on any atom is -0.292 e. The summed E-state index contributed by atoms with van der Waals surface area (Å²) in [6, 6.07) is 1.69. The minimum atomic E-state index is 1.18. The third-order valence-corrected chi connectivity index (χ3v) is 2.69. The van der Waals surface area contributed by atoms with Gasteiger partial charge in [-0.1, -0.05) is 25.0 Å². The van der Waals surface area contributed by atoms with Gasteiger partial charge in [0.25, 0.3) is 0 Å². The van der Waals surface area contributed by atoms with Crippen LogP contribution in [0.3, 0.4) is 0 Å². The quantitative estimate of drug-likeness (QED) is 0.479. The van der Waals surface area contributed by atoms with Crippen LogP contribution in [-0.4, -0.2) is 18.0 Å². The van der Waals surface area contributed by atoms with E-state index in [4.69, 9.17) is 0 Å². The van der Waals surface area contributed by atoms with Gasteiger partial charge in [-0.15, -0.1) is 0 Å². The number of hydrogen-bond donors (Lipinski definition) is 0. The highest BCUT2D eigenvalue weighted by Crippen LogP contribution is 2.27. The van der Waals surface area contributed by atoms with E-state index in [9.17, 15) is 0 Å². The van der Waals surface area contributed by atoms with Crippen molar-refractivity contribution in [1.29, 1.82) is 0 Å². The second-order valence-electron chi connectivity index (χ2n) is 3.50. The van der Waals surface area contributed by atoms with E-state index in [1.165, 1.54) is 45.2 Å². The molecule has 0 atom stereocenters. The first kappa shape index (κ1) is 7.35. The van der Waals surface area contributed by atoms with Crippen molar-refractivity contribution < 1.29 is 0 Å². The molecule has 2 aliphatic rings. The maximum absolute atomic E-state index is 2.56. The first-order valence-corrected chi connectivity index (χ1v) is 4.71. The summed E-state index contributed by atoms with van der Waals surface area (Å²) in [5, 5.41) is 0. The van der Waals surface area contributed by atoms with Crippen molar-refractivity contribution in [2.45, 2.75) is 32.1 Å². The maximum Gasteiger partial charge on any atom is 0.0433 e. The Morgan fingerprint density at radius 1 is 1.09 bits per heavy atom. The first-order chi connectivity index (χ1) is 5.47. The molecule has 0 aliphatic carbocycles. The Kier molecular flexibility index (Phi) is 2.27. The normalized spacial score (nSPS) is 28.0. The van der Waals surface area contributed by atoms with E-state index in [0.717, 1.165) is 0 Å². The van der Waals surface area contributed by atoms with Gasteiger partial charge in [-0.25, -0.2) is 0 Å². The van der Waals surface area contributed by atoms with Crippen LogP contribution in [-0.2, 0) is 0 Å². The molecular formula is C10H16N. The van der Waals surface area contributed by atoms with Crippen molar-refractivity contribution in [2.75, 3.05) is 13.1 Å². The van der Waals surface area contributed by atoms with Crippen LogP contribution in [0.5, 0.6) is 0 Å². The second-order valence-corrected chi connectivity index (χ2v) is 3.50. The molecule has 1 fully saturated rings. The van der Waals surface area contributed by atoms with Gasteiger partial charge in [-0.3, -0.25) is 4.90 Å². The smallest absolute Gasteiger partial charge is 0.0433 e. The summed E-state index contributed by atoms with van der Waals surface area (Å²) < 4.78 is 0. The fourth-order valence-corrected chi connectivity index (χ4v) is 2.00. The molecule has 0 unspecified atom stereocenters. The van der Waals surface area contributed by atoms with Crippen molar-refractivity contribution in [3.63, 3.8) is 0 Å². The Bertz CT molecular complexity index is 135. The van der Waals surface area contributed by atoms with Gasteiger partial charge in [-0.05, 0) is 25.8 Å². The number of hydrogen-bond acceptors (Lipinski definition) is 1. The Hall–Kier alpha value is -0.300. The van der Waals surface area contributed by atoms with Gasteiger partial charge >= 0.3 is 0 Å². The van der Waals surface area contributed by atoms with Gasteiger partial charge in [-0.2, -0.15) is 0 Å². The molecule has 61 valence electrons. The van der Waals surface area contributed by atoms with E-state index in [0.29, 0.717) is 0 Å². The molecule has 0 saturated carbocycles. The Morgan fingerprint density at radius 2 is 2.09 bits per heavy atom. The largest absolute Gasteiger partial charge is 0.292 e. The zero-order valence-corrected chi connectivity index (χ0v) is 7.05. The Balaban J connectivity index is 2.00. The van der Waals surface area contributed by atoms with E-state index in [-0.39, 0.29) is 0 Å². The SMILES string of the molecule is C1=CCN2CCCCC[C]2C1. The van der Waals surface area contributed by atoms with Gasteiger partial charge in [0, 0.05) is 12.6 Å². The van der Waals surface area contributed by atoms with E-state index >= 15 is 0 Å². The molecule has 0 bridgehead atoms. The molecule has 0 N–H and O–H groups in total. The molecule has 1 heteroatoms. The zero-order chi connectivity index (χ0) is 7.52. The molecule has 0 aromatic heterocycles. The fraction of sp³-hybridized carbons (Fsp3) is 0.700. The van der Waals surface area contributed by atoms with E-state index in [1.807, 2.05) is 0 Å². The highest BCUT2D eigenvalue weighted by atomic mass is 15.2. The van der Waals surface area contributed by atoms with Crippen molar-refractivity contribution >= 4 is 0 Å². The van der Waals surface area contributed by atoms with E-state index < -0.39 is 0 Å². The van der Waals surface area contributed by atoms with Gasteiger partial charge in [0.2, 0.25) is 0 Å².